The molecule has 1 fully saturated rings. The molecule has 1 atom stereocenters. The van der Waals surface area contributed by atoms with E-state index in [9.17, 15) is 4.79 Å². The van der Waals surface area contributed by atoms with Gasteiger partial charge >= 0.3 is 0 Å². The van der Waals surface area contributed by atoms with Gasteiger partial charge in [0, 0.05) is 5.69 Å². The molecule has 3 N–H and O–H groups in total. The SMILES string of the molecule is Cl.Cl.NC(=O)c1cc(CC2CCCNC2)ncn1. The van der Waals surface area contributed by atoms with Gasteiger partial charge in [-0.15, -0.1) is 24.8 Å². The summed E-state index contributed by atoms with van der Waals surface area (Å²) in [5, 5.41) is 3.36. The smallest absolute Gasteiger partial charge is 0.267 e. The first-order valence-corrected chi connectivity index (χ1v) is 5.57. The highest BCUT2D eigenvalue weighted by atomic mass is 35.5. The zero-order valence-electron chi connectivity index (χ0n) is 9.96. The minimum absolute atomic E-state index is 0. The predicted molar refractivity (Wildman–Crippen MR) is 74.3 cm³/mol. The molecule has 1 aromatic rings. The van der Waals surface area contributed by atoms with E-state index in [0.29, 0.717) is 11.6 Å². The van der Waals surface area contributed by atoms with Gasteiger partial charge in [0.25, 0.3) is 5.91 Å². The molecule has 2 heterocycles. The lowest BCUT2D eigenvalue weighted by atomic mass is 9.94. The van der Waals surface area contributed by atoms with Crippen LogP contribution in [0.3, 0.4) is 0 Å². The fraction of sp³-hybridized carbons (Fsp3) is 0.545. The topological polar surface area (TPSA) is 80.9 Å². The van der Waals surface area contributed by atoms with E-state index in [1.807, 2.05) is 0 Å². The lowest BCUT2D eigenvalue weighted by Gasteiger charge is -2.22. The summed E-state index contributed by atoms with van der Waals surface area (Å²) in [5.74, 6) is 0.106. The minimum Gasteiger partial charge on any atom is -0.364 e. The highest BCUT2D eigenvalue weighted by Gasteiger charge is 2.14. The standard InChI is InChI=1S/C11H16N4O.2ClH/c12-11(16)10-5-9(14-7-15-10)4-8-2-1-3-13-6-8;;/h5,7-8,13H,1-4,6H2,(H2,12,16);2*1H. The fourth-order valence-corrected chi connectivity index (χ4v) is 2.04. The van der Waals surface area contributed by atoms with Crippen LogP contribution in [-0.4, -0.2) is 29.0 Å². The summed E-state index contributed by atoms with van der Waals surface area (Å²) in [6.45, 7) is 2.13. The second kappa shape index (κ2) is 8.24. The summed E-state index contributed by atoms with van der Waals surface area (Å²) in [5.41, 5.74) is 6.37. The number of carbonyl (C=O) groups is 1. The molecule has 5 nitrogen and oxygen atoms in total. The average Bonchev–Trinajstić information content (AvgIpc) is 2.30. The molecule has 0 aliphatic carbocycles. The van der Waals surface area contributed by atoms with E-state index in [-0.39, 0.29) is 24.8 Å². The van der Waals surface area contributed by atoms with Crippen LogP contribution >= 0.6 is 24.8 Å². The number of hydrogen-bond donors (Lipinski definition) is 2. The van der Waals surface area contributed by atoms with Gasteiger partial charge in [-0.25, -0.2) is 9.97 Å². The number of nitrogens with one attached hydrogen (secondary N) is 1. The molecule has 7 heteroatoms. The van der Waals surface area contributed by atoms with Crippen molar-refractivity contribution in [1.29, 1.82) is 0 Å². The van der Waals surface area contributed by atoms with Gasteiger partial charge in [0.15, 0.2) is 0 Å². The van der Waals surface area contributed by atoms with E-state index >= 15 is 0 Å². The Hall–Kier alpha value is -0.910. The number of amides is 1. The zero-order chi connectivity index (χ0) is 11.4. The van der Waals surface area contributed by atoms with Gasteiger partial charge < -0.3 is 11.1 Å². The van der Waals surface area contributed by atoms with Gasteiger partial charge in [-0.2, -0.15) is 0 Å². The Morgan fingerprint density at radius 3 is 2.83 bits per heavy atom. The summed E-state index contributed by atoms with van der Waals surface area (Å²) in [6, 6.07) is 1.69. The molecule has 1 aliphatic heterocycles. The van der Waals surface area contributed by atoms with E-state index in [2.05, 4.69) is 15.3 Å². The number of halogens is 2. The van der Waals surface area contributed by atoms with Gasteiger partial charge in [0.2, 0.25) is 0 Å². The van der Waals surface area contributed by atoms with Crippen molar-refractivity contribution >= 4 is 30.7 Å². The molecule has 2 rings (SSSR count). The zero-order valence-corrected chi connectivity index (χ0v) is 11.6. The van der Waals surface area contributed by atoms with E-state index in [1.54, 1.807) is 6.07 Å². The molecule has 1 aromatic heterocycles. The Balaban J connectivity index is 0.00000144. The van der Waals surface area contributed by atoms with Crippen molar-refractivity contribution in [3.63, 3.8) is 0 Å². The normalized spacial score (nSPS) is 18.3. The molecule has 0 radical (unpaired) electrons. The Morgan fingerprint density at radius 2 is 2.22 bits per heavy atom. The van der Waals surface area contributed by atoms with E-state index < -0.39 is 5.91 Å². The molecule has 18 heavy (non-hydrogen) atoms. The third kappa shape index (κ3) is 4.76. The average molecular weight is 293 g/mol. The largest absolute Gasteiger partial charge is 0.364 e. The van der Waals surface area contributed by atoms with Crippen LogP contribution in [0, 0.1) is 5.92 Å². The molecule has 1 amide bonds. The number of nitrogens with two attached hydrogens (primary N) is 1. The second-order valence-electron chi connectivity index (χ2n) is 4.18. The molecule has 0 aromatic carbocycles. The maximum absolute atomic E-state index is 11.0. The van der Waals surface area contributed by atoms with Crippen molar-refractivity contribution in [1.82, 2.24) is 15.3 Å². The number of nitrogens with zero attached hydrogens (tertiary/aromatic N) is 2. The lowest BCUT2D eigenvalue weighted by Crippen LogP contribution is -2.31. The van der Waals surface area contributed by atoms with E-state index in [0.717, 1.165) is 25.2 Å². The second-order valence-corrected chi connectivity index (χ2v) is 4.18. The number of primary amides is 1. The number of piperidine rings is 1. The van der Waals surface area contributed by atoms with Crippen molar-refractivity contribution in [3.8, 4) is 0 Å². The number of carbonyl (C=O) groups excluding carboxylic acids is 1. The van der Waals surface area contributed by atoms with Crippen LogP contribution in [0.1, 0.15) is 29.0 Å². The van der Waals surface area contributed by atoms with Crippen molar-refractivity contribution < 1.29 is 4.79 Å². The van der Waals surface area contributed by atoms with E-state index in [1.165, 1.54) is 19.2 Å². The highest BCUT2D eigenvalue weighted by Crippen LogP contribution is 2.15. The van der Waals surface area contributed by atoms with E-state index in [4.69, 9.17) is 5.73 Å². The van der Waals surface area contributed by atoms with Crippen LogP contribution in [0.4, 0.5) is 0 Å². The van der Waals surface area contributed by atoms with Gasteiger partial charge in [-0.05, 0) is 44.3 Å². The van der Waals surface area contributed by atoms with Gasteiger partial charge in [0.1, 0.15) is 12.0 Å². The highest BCUT2D eigenvalue weighted by molar-refractivity contribution is 5.90. The first-order chi connectivity index (χ1) is 7.75. The van der Waals surface area contributed by atoms with Crippen LogP contribution in [0.25, 0.3) is 0 Å². The Labute approximate surface area is 119 Å². The molecule has 1 unspecified atom stereocenters. The fourth-order valence-electron chi connectivity index (χ4n) is 2.04. The van der Waals surface area contributed by atoms with Crippen molar-refractivity contribution in [2.24, 2.45) is 11.7 Å². The number of aromatic nitrogens is 2. The summed E-state index contributed by atoms with van der Waals surface area (Å²) >= 11 is 0. The van der Waals surface area contributed by atoms with Gasteiger partial charge in [-0.1, -0.05) is 0 Å². The molecule has 0 saturated carbocycles. The van der Waals surface area contributed by atoms with Gasteiger partial charge in [0.05, 0.1) is 0 Å². The van der Waals surface area contributed by atoms with Crippen LogP contribution in [0.5, 0.6) is 0 Å². The summed E-state index contributed by atoms with van der Waals surface area (Å²) < 4.78 is 0. The van der Waals surface area contributed by atoms with Crippen LogP contribution < -0.4 is 11.1 Å². The Kier molecular flexibility index (Phi) is 7.82. The first-order valence-electron chi connectivity index (χ1n) is 5.57. The number of rotatable bonds is 3. The molecule has 0 spiro atoms. The third-order valence-corrected chi connectivity index (χ3v) is 2.87. The van der Waals surface area contributed by atoms with Crippen molar-refractivity contribution in [2.45, 2.75) is 19.3 Å². The Morgan fingerprint density at radius 1 is 1.44 bits per heavy atom. The minimum atomic E-state index is -0.495. The van der Waals surface area contributed by atoms with Crippen LogP contribution in [-0.2, 0) is 6.42 Å². The molecule has 1 saturated heterocycles. The lowest BCUT2D eigenvalue weighted by molar-refractivity contribution is 0.0995. The molecule has 102 valence electrons. The van der Waals surface area contributed by atoms with Crippen molar-refractivity contribution in [2.75, 3.05) is 13.1 Å². The summed E-state index contributed by atoms with van der Waals surface area (Å²) in [4.78, 5) is 19.0. The maximum atomic E-state index is 11.0. The maximum Gasteiger partial charge on any atom is 0.267 e. The molecular weight excluding hydrogens is 275 g/mol. The first kappa shape index (κ1) is 17.1. The van der Waals surface area contributed by atoms with Crippen LogP contribution in [0.15, 0.2) is 12.4 Å². The summed E-state index contributed by atoms with van der Waals surface area (Å²) in [6.07, 6.45) is 4.71. The third-order valence-electron chi connectivity index (χ3n) is 2.87. The monoisotopic (exact) mass is 292 g/mol. The molecule has 1 aliphatic rings. The predicted octanol–water partition coefficient (Wildman–Crippen LogP) is 0.961. The van der Waals surface area contributed by atoms with Gasteiger partial charge in [-0.3, -0.25) is 4.79 Å². The molecular formula is C11H18Cl2N4O. The number of hydrogen-bond acceptors (Lipinski definition) is 4. The van der Waals surface area contributed by atoms with Crippen molar-refractivity contribution in [3.05, 3.63) is 23.8 Å². The molecule has 0 bridgehead atoms. The van der Waals surface area contributed by atoms with Crippen LogP contribution in [0.2, 0.25) is 0 Å². The quantitative estimate of drug-likeness (QED) is 0.870. The summed E-state index contributed by atoms with van der Waals surface area (Å²) in [7, 11) is 0. The Bertz CT molecular complexity index is 383.